The Labute approximate surface area is 183 Å². The minimum absolute atomic E-state index is 0.0171. The molecule has 0 saturated carbocycles. The second-order valence-corrected chi connectivity index (χ2v) is 8.73. The van der Waals surface area contributed by atoms with E-state index in [4.69, 9.17) is 32.9 Å². The quantitative estimate of drug-likeness (QED) is 0.555. The second kappa shape index (κ2) is 9.41. The number of carbonyl (C=O) groups is 1. The Bertz CT molecular complexity index is 1000. The van der Waals surface area contributed by atoms with Crippen molar-refractivity contribution in [2.75, 3.05) is 44.3 Å². The van der Waals surface area contributed by atoms with Gasteiger partial charge in [0.25, 0.3) is 0 Å². The van der Waals surface area contributed by atoms with Gasteiger partial charge in [-0.25, -0.2) is 4.98 Å². The first-order valence-electron chi connectivity index (χ1n) is 9.50. The van der Waals surface area contributed by atoms with E-state index in [9.17, 15) is 4.79 Å². The standard InChI is InChI=1S/C21H21Cl2N3O2S/c22-16-5-6-18-19(14-16)29-21(24-18)26(8-7-25-9-11-28-12-10-25)20(27)13-15-3-1-2-4-17(15)23/h1-6,14H,7-13H2. The zero-order valence-electron chi connectivity index (χ0n) is 15.8. The van der Waals surface area contributed by atoms with Crippen LogP contribution >= 0.6 is 34.5 Å². The highest BCUT2D eigenvalue weighted by Gasteiger charge is 2.22. The number of rotatable bonds is 6. The largest absolute Gasteiger partial charge is 0.379 e. The van der Waals surface area contributed by atoms with Gasteiger partial charge in [0.1, 0.15) is 0 Å². The maximum absolute atomic E-state index is 13.2. The Balaban J connectivity index is 1.58. The summed E-state index contributed by atoms with van der Waals surface area (Å²) in [4.78, 5) is 22.0. The molecule has 1 aliphatic rings. The van der Waals surface area contributed by atoms with Crippen LogP contribution in [0.4, 0.5) is 5.13 Å². The highest BCUT2D eigenvalue weighted by Crippen LogP contribution is 2.31. The van der Waals surface area contributed by atoms with E-state index in [1.54, 1.807) is 4.90 Å². The Hall–Kier alpha value is -1.70. The van der Waals surface area contributed by atoms with Gasteiger partial charge in [0.05, 0.1) is 29.9 Å². The van der Waals surface area contributed by atoms with Crippen molar-refractivity contribution >= 4 is 55.8 Å². The minimum atomic E-state index is -0.0171. The highest BCUT2D eigenvalue weighted by molar-refractivity contribution is 7.22. The van der Waals surface area contributed by atoms with Crippen LogP contribution in [0.1, 0.15) is 5.56 Å². The smallest absolute Gasteiger partial charge is 0.233 e. The van der Waals surface area contributed by atoms with Crippen molar-refractivity contribution in [3.05, 3.63) is 58.1 Å². The Kier molecular flexibility index (Phi) is 6.67. The lowest BCUT2D eigenvalue weighted by Gasteiger charge is -2.29. The molecule has 4 rings (SSSR count). The lowest BCUT2D eigenvalue weighted by Crippen LogP contribution is -2.43. The van der Waals surface area contributed by atoms with E-state index in [-0.39, 0.29) is 12.3 Å². The maximum Gasteiger partial charge on any atom is 0.233 e. The van der Waals surface area contributed by atoms with Crippen molar-refractivity contribution in [2.45, 2.75) is 6.42 Å². The Morgan fingerprint density at radius 2 is 1.97 bits per heavy atom. The Morgan fingerprint density at radius 1 is 1.17 bits per heavy atom. The van der Waals surface area contributed by atoms with E-state index in [0.29, 0.717) is 21.7 Å². The van der Waals surface area contributed by atoms with E-state index in [0.717, 1.165) is 48.6 Å². The molecule has 3 aromatic rings. The van der Waals surface area contributed by atoms with Gasteiger partial charge in [-0.3, -0.25) is 14.6 Å². The molecule has 1 fully saturated rings. The van der Waals surface area contributed by atoms with Crippen molar-refractivity contribution < 1.29 is 9.53 Å². The molecular formula is C21H21Cl2N3O2S. The third-order valence-electron chi connectivity index (χ3n) is 4.91. The zero-order valence-corrected chi connectivity index (χ0v) is 18.1. The Morgan fingerprint density at radius 3 is 2.76 bits per heavy atom. The zero-order chi connectivity index (χ0) is 20.2. The molecule has 1 aromatic heterocycles. The minimum Gasteiger partial charge on any atom is -0.379 e. The topological polar surface area (TPSA) is 45.7 Å². The summed E-state index contributed by atoms with van der Waals surface area (Å²) in [6.07, 6.45) is 0.236. The molecule has 1 aliphatic heterocycles. The number of morpholine rings is 1. The van der Waals surface area contributed by atoms with Gasteiger partial charge in [-0.2, -0.15) is 0 Å². The first kappa shape index (κ1) is 20.6. The van der Waals surface area contributed by atoms with Gasteiger partial charge in [0, 0.05) is 36.2 Å². The third-order valence-corrected chi connectivity index (χ3v) is 6.56. The molecule has 8 heteroatoms. The van der Waals surface area contributed by atoms with E-state index in [1.165, 1.54) is 11.3 Å². The summed E-state index contributed by atoms with van der Waals surface area (Å²) < 4.78 is 6.39. The number of amides is 1. The first-order chi connectivity index (χ1) is 14.1. The molecular weight excluding hydrogens is 429 g/mol. The van der Waals surface area contributed by atoms with Crippen molar-refractivity contribution in [3.63, 3.8) is 0 Å². The summed E-state index contributed by atoms with van der Waals surface area (Å²) >= 11 is 13.9. The normalized spacial score (nSPS) is 15.0. The molecule has 0 bridgehead atoms. The molecule has 0 N–H and O–H groups in total. The molecule has 152 valence electrons. The molecule has 5 nitrogen and oxygen atoms in total. The number of carbonyl (C=O) groups excluding carboxylic acids is 1. The molecule has 0 spiro atoms. The monoisotopic (exact) mass is 449 g/mol. The van der Waals surface area contributed by atoms with Crippen LogP contribution in [0, 0.1) is 0 Å². The molecule has 2 aromatic carbocycles. The number of nitrogens with zero attached hydrogens (tertiary/aromatic N) is 3. The van der Waals surface area contributed by atoms with Gasteiger partial charge in [-0.15, -0.1) is 0 Å². The van der Waals surface area contributed by atoms with Gasteiger partial charge in [0.15, 0.2) is 5.13 Å². The summed E-state index contributed by atoms with van der Waals surface area (Å²) in [5.74, 6) is -0.0171. The molecule has 0 radical (unpaired) electrons. The fourth-order valence-electron chi connectivity index (χ4n) is 3.30. The third kappa shape index (κ3) is 5.08. The van der Waals surface area contributed by atoms with E-state index >= 15 is 0 Å². The number of benzene rings is 2. The summed E-state index contributed by atoms with van der Waals surface area (Å²) in [6.45, 7) is 4.55. The van der Waals surface area contributed by atoms with Gasteiger partial charge in [-0.05, 0) is 29.8 Å². The van der Waals surface area contributed by atoms with Crippen LogP contribution in [0.5, 0.6) is 0 Å². The van der Waals surface area contributed by atoms with Crippen LogP contribution in [0.15, 0.2) is 42.5 Å². The lowest BCUT2D eigenvalue weighted by atomic mass is 10.1. The number of thiazole rings is 1. The van der Waals surface area contributed by atoms with Crippen molar-refractivity contribution in [1.82, 2.24) is 9.88 Å². The number of anilines is 1. The fourth-order valence-corrected chi connectivity index (χ4v) is 4.78. The summed E-state index contributed by atoms with van der Waals surface area (Å²) in [5.41, 5.74) is 1.66. The van der Waals surface area contributed by atoms with Crippen molar-refractivity contribution in [1.29, 1.82) is 0 Å². The molecule has 0 aliphatic carbocycles. The molecule has 0 atom stereocenters. The van der Waals surface area contributed by atoms with Crippen LogP contribution in [0.2, 0.25) is 10.0 Å². The fraction of sp³-hybridized carbons (Fsp3) is 0.333. The van der Waals surface area contributed by atoms with Gasteiger partial charge in [0.2, 0.25) is 5.91 Å². The number of hydrogen-bond acceptors (Lipinski definition) is 5. The van der Waals surface area contributed by atoms with Crippen molar-refractivity contribution in [2.24, 2.45) is 0 Å². The van der Waals surface area contributed by atoms with E-state index in [2.05, 4.69) is 4.90 Å². The summed E-state index contributed by atoms with van der Waals surface area (Å²) in [6, 6.07) is 13.0. The predicted molar refractivity (Wildman–Crippen MR) is 119 cm³/mol. The van der Waals surface area contributed by atoms with Crippen molar-refractivity contribution in [3.8, 4) is 0 Å². The second-order valence-electron chi connectivity index (χ2n) is 6.88. The van der Waals surface area contributed by atoms with Crippen LogP contribution in [0.3, 0.4) is 0 Å². The predicted octanol–water partition coefficient (Wildman–Crippen LogP) is 4.51. The average molecular weight is 450 g/mol. The number of halogens is 2. The van der Waals surface area contributed by atoms with Gasteiger partial charge in [-0.1, -0.05) is 52.7 Å². The van der Waals surface area contributed by atoms with Crippen LogP contribution < -0.4 is 4.90 Å². The molecule has 0 unspecified atom stereocenters. The lowest BCUT2D eigenvalue weighted by molar-refractivity contribution is -0.118. The van der Waals surface area contributed by atoms with Gasteiger partial charge < -0.3 is 4.74 Å². The first-order valence-corrected chi connectivity index (χ1v) is 11.1. The number of aromatic nitrogens is 1. The molecule has 1 saturated heterocycles. The molecule has 2 heterocycles. The average Bonchev–Trinajstić information content (AvgIpc) is 3.13. The molecule has 29 heavy (non-hydrogen) atoms. The van der Waals surface area contributed by atoms with Crippen LogP contribution in [-0.2, 0) is 16.0 Å². The van der Waals surface area contributed by atoms with E-state index in [1.807, 2.05) is 42.5 Å². The maximum atomic E-state index is 13.2. The van der Waals surface area contributed by atoms with Crippen LogP contribution in [0.25, 0.3) is 10.2 Å². The number of hydrogen-bond donors (Lipinski definition) is 0. The van der Waals surface area contributed by atoms with Gasteiger partial charge >= 0.3 is 0 Å². The van der Waals surface area contributed by atoms with E-state index < -0.39 is 0 Å². The summed E-state index contributed by atoms with van der Waals surface area (Å²) in [5, 5.41) is 1.95. The SMILES string of the molecule is O=C(Cc1ccccc1Cl)N(CCN1CCOCC1)c1nc2ccc(Cl)cc2s1. The number of ether oxygens (including phenoxy) is 1. The molecule has 1 amide bonds. The highest BCUT2D eigenvalue weighted by atomic mass is 35.5. The van der Waals surface area contributed by atoms with Crippen LogP contribution in [-0.4, -0.2) is 55.2 Å². The number of fused-ring (bicyclic) bond motifs is 1. The summed E-state index contributed by atoms with van der Waals surface area (Å²) in [7, 11) is 0.